The van der Waals surface area contributed by atoms with Crippen LogP contribution < -0.4 is 10.5 Å². The quantitative estimate of drug-likeness (QED) is 0.640. The molecule has 1 aromatic carbocycles. The van der Waals surface area contributed by atoms with E-state index in [-0.39, 0.29) is 11.5 Å². The highest BCUT2D eigenvalue weighted by molar-refractivity contribution is 7.89. The molecule has 0 aliphatic rings. The Hall–Kier alpha value is -2.07. The molecule has 23 heavy (non-hydrogen) atoms. The summed E-state index contributed by atoms with van der Waals surface area (Å²) < 4.78 is 23.8. The molecule has 7 nitrogen and oxygen atoms in total. The van der Waals surface area contributed by atoms with Gasteiger partial charge < -0.3 is 10.4 Å². The lowest BCUT2D eigenvalue weighted by molar-refractivity contribution is 0.311. The van der Waals surface area contributed by atoms with Gasteiger partial charge in [-0.3, -0.25) is 0 Å². The molecule has 0 atom stereocenters. The van der Waals surface area contributed by atoms with Crippen molar-refractivity contribution in [2.75, 3.05) is 18.5 Å². The lowest BCUT2D eigenvalue weighted by Crippen LogP contribution is -2.11. The van der Waals surface area contributed by atoms with E-state index in [1.807, 2.05) is 12.1 Å². The maximum atomic E-state index is 11.5. The third-order valence-corrected chi connectivity index (χ3v) is 5.25. The number of anilines is 1. The van der Waals surface area contributed by atoms with Crippen LogP contribution in [0.2, 0.25) is 0 Å². The van der Waals surface area contributed by atoms with Gasteiger partial charge in [-0.25, -0.2) is 23.5 Å². The summed E-state index contributed by atoms with van der Waals surface area (Å²) >= 11 is 1.44. The van der Waals surface area contributed by atoms with Crippen molar-refractivity contribution >= 4 is 37.4 Å². The highest BCUT2D eigenvalue weighted by atomic mass is 32.2. The highest BCUT2D eigenvalue weighted by Gasteiger charge is 2.13. The summed E-state index contributed by atoms with van der Waals surface area (Å²) in [6.07, 6.45) is 1.44. The number of primary sulfonamides is 1. The Morgan fingerprint density at radius 2 is 2.09 bits per heavy atom. The van der Waals surface area contributed by atoms with Crippen molar-refractivity contribution in [1.82, 2.24) is 9.97 Å². The van der Waals surface area contributed by atoms with Gasteiger partial charge in [0.05, 0.1) is 21.7 Å². The Morgan fingerprint density at radius 3 is 2.83 bits per heavy atom. The molecule has 0 radical (unpaired) electrons. The molecule has 0 spiro atoms. The number of thiophene rings is 1. The molecule has 2 heterocycles. The fourth-order valence-electron chi connectivity index (χ4n) is 2.12. The van der Waals surface area contributed by atoms with Crippen molar-refractivity contribution in [3.8, 4) is 10.4 Å². The smallest absolute Gasteiger partial charge is 0.238 e. The Balaban J connectivity index is 2.07. The standard InChI is InChI=1S/C14H14N4O3S2/c15-23(20,21)10-3-1-2-9(6-10)12-7-11-13(22-12)14(16-4-5-19)18-8-17-11/h1-3,6-8,19H,4-5H2,(H2,15,20,21)(H,16,17,18). The van der Waals surface area contributed by atoms with Crippen LogP contribution in [0.15, 0.2) is 41.6 Å². The summed E-state index contributed by atoms with van der Waals surface area (Å²) in [6.45, 7) is 0.389. The Labute approximate surface area is 136 Å². The number of nitrogens with zero attached hydrogens (tertiary/aromatic N) is 2. The zero-order valence-electron chi connectivity index (χ0n) is 11.9. The van der Waals surface area contributed by atoms with Crippen molar-refractivity contribution in [2.24, 2.45) is 5.14 Å². The molecule has 0 aliphatic carbocycles. The average molecular weight is 350 g/mol. The van der Waals surface area contributed by atoms with Crippen molar-refractivity contribution in [3.05, 3.63) is 36.7 Å². The lowest BCUT2D eigenvalue weighted by Gasteiger charge is -2.03. The van der Waals surface area contributed by atoms with Crippen molar-refractivity contribution in [3.63, 3.8) is 0 Å². The molecule has 4 N–H and O–H groups in total. The largest absolute Gasteiger partial charge is 0.395 e. The van der Waals surface area contributed by atoms with E-state index in [2.05, 4.69) is 15.3 Å². The van der Waals surface area contributed by atoms with Crippen LogP contribution in [-0.4, -0.2) is 36.6 Å². The van der Waals surface area contributed by atoms with Crippen molar-refractivity contribution in [2.45, 2.75) is 4.90 Å². The number of hydrogen-bond donors (Lipinski definition) is 3. The highest BCUT2D eigenvalue weighted by Crippen LogP contribution is 2.36. The number of sulfonamides is 1. The van der Waals surface area contributed by atoms with Crippen LogP contribution in [0.3, 0.4) is 0 Å². The van der Waals surface area contributed by atoms with Gasteiger partial charge >= 0.3 is 0 Å². The number of aliphatic hydroxyl groups excluding tert-OH is 1. The number of nitrogens with one attached hydrogen (secondary N) is 1. The first kappa shape index (κ1) is 15.8. The van der Waals surface area contributed by atoms with Gasteiger partial charge in [0.2, 0.25) is 10.0 Å². The second-order valence-corrected chi connectivity index (χ2v) is 7.38. The van der Waals surface area contributed by atoms with Gasteiger partial charge in [-0.1, -0.05) is 12.1 Å². The SMILES string of the molecule is NS(=O)(=O)c1cccc(-c2cc3ncnc(NCCO)c3s2)c1. The van der Waals surface area contributed by atoms with Gasteiger partial charge in [-0.15, -0.1) is 11.3 Å². The minimum absolute atomic E-state index is 0.000132. The van der Waals surface area contributed by atoms with Crippen molar-refractivity contribution in [1.29, 1.82) is 0 Å². The van der Waals surface area contributed by atoms with Crippen molar-refractivity contribution < 1.29 is 13.5 Å². The molecule has 2 aromatic heterocycles. The van der Waals surface area contributed by atoms with Crippen LogP contribution in [0.25, 0.3) is 20.7 Å². The van der Waals surface area contributed by atoms with E-state index >= 15 is 0 Å². The van der Waals surface area contributed by atoms with E-state index in [1.165, 1.54) is 29.8 Å². The zero-order valence-corrected chi connectivity index (χ0v) is 13.6. The molecular formula is C14H14N4O3S2. The molecule has 0 bridgehead atoms. The molecule has 120 valence electrons. The summed E-state index contributed by atoms with van der Waals surface area (Å²) in [7, 11) is -3.75. The molecule has 0 aliphatic heterocycles. The zero-order chi connectivity index (χ0) is 16.4. The summed E-state index contributed by atoms with van der Waals surface area (Å²) in [5.41, 5.74) is 1.49. The summed E-state index contributed by atoms with van der Waals surface area (Å²) in [4.78, 5) is 9.32. The Bertz CT molecular complexity index is 954. The van der Waals surface area contributed by atoms with E-state index in [1.54, 1.807) is 6.07 Å². The Morgan fingerprint density at radius 1 is 1.26 bits per heavy atom. The minimum Gasteiger partial charge on any atom is -0.395 e. The van der Waals surface area contributed by atoms with E-state index in [0.717, 1.165) is 20.7 Å². The summed E-state index contributed by atoms with van der Waals surface area (Å²) in [5, 5.41) is 17.1. The number of rotatable bonds is 5. The molecular weight excluding hydrogens is 336 g/mol. The normalized spacial score (nSPS) is 11.7. The van der Waals surface area contributed by atoms with Crippen LogP contribution in [0.1, 0.15) is 0 Å². The van der Waals surface area contributed by atoms with E-state index in [9.17, 15) is 8.42 Å². The first-order valence-electron chi connectivity index (χ1n) is 6.71. The molecule has 0 saturated carbocycles. The van der Waals surface area contributed by atoms with E-state index in [4.69, 9.17) is 10.2 Å². The third-order valence-electron chi connectivity index (χ3n) is 3.16. The summed E-state index contributed by atoms with van der Waals surface area (Å²) in [6, 6.07) is 8.33. The predicted molar refractivity (Wildman–Crippen MR) is 89.8 cm³/mol. The molecule has 0 amide bonds. The van der Waals surface area contributed by atoms with Gasteiger partial charge in [-0.05, 0) is 23.8 Å². The lowest BCUT2D eigenvalue weighted by atomic mass is 10.2. The van der Waals surface area contributed by atoms with Gasteiger partial charge in [0, 0.05) is 11.4 Å². The fourth-order valence-corrected chi connectivity index (χ4v) is 3.76. The first-order valence-corrected chi connectivity index (χ1v) is 9.08. The molecule has 3 rings (SSSR count). The Kier molecular flexibility index (Phi) is 4.26. The predicted octanol–water partition coefficient (Wildman–Crippen LogP) is 1.41. The van der Waals surface area contributed by atoms with Crippen LogP contribution >= 0.6 is 11.3 Å². The van der Waals surface area contributed by atoms with Gasteiger partial charge in [0.15, 0.2) is 0 Å². The fraction of sp³-hybridized carbons (Fsp3) is 0.143. The minimum atomic E-state index is -3.75. The number of fused-ring (bicyclic) bond motifs is 1. The van der Waals surface area contributed by atoms with Gasteiger partial charge in [-0.2, -0.15) is 0 Å². The number of hydrogen-bond acceptors (Lipinski definition) is 7. The maximum absolute atomic E-state index is 11.5. The molecule has 9 heteroatoms. The number of nitrogens with two attached hydrogens (primary N) is 1. The third kappa shape index (κ3) is 3.32. The van der Waals surface area contributed by atoms with E-state index in [0.29, 0.717) is 12.4 Å². The summed E-state index contributed by atoms with van der Waals surface area (Å²) in [5.74, 6) is 0.642. The van der Waals surface area contributed by atoms with Crippen LogP contribution in [0.4, 0.5) is 5.82 Å². The van der Waals surface area contributed by atoms with Crippen LogP contribution in [-0.2, 0) is 10.0 Å². The number of aliphatic hydroxyl groups is 1. The molecule has 0 unspecified atom stereocenters. The maximum Gasteiger partial charge on any atom is 0.238 e. The van der Waals surface area contributed by atoms with E-state index < -0.39 is 10.0 Å². The average Bonchev–Trinajstić information content (AvgIpc) is 2.97. The molecule has 0 saturated heterocycles. The monoisotopic (exact) mass is 350 g/mol. The number of benzene rings is 1. The second kappa shape index (κ2) is 6.20. The topological polar surface area (TPSA) is 118 Å². The molecule has 3 aromatic rings. The van der Waals surface area contributed by atoms with Crippen LogP contribution in [0, 0.1) is 0 Å². The second-order valence-electron chi connectivity index (χ2n) is 4.77. The van der Waals surface area contributed by atoms with Gasteiger partial charge in [0.1, 0.15) is 12.1 Å². The molecule has 0 fully saturated rings. The van der Waals surface area contributed by atoms with Crippen LogP contribution in [0.5, 0.6) is 0 Å². The first-order chi connectivity index (χ1) is 11.0. The number of aromatic nitrogens is 2. The van der Waals surface area contributed by atoms with Gasteiger partial charge in [0.25, 0.3) is 0 Å².